The molecule has 4 aromatic rings. The maximum atomic E-state index is 5.22. The lowest BCUT2D eigenvalue weighted by atomic mass is 10.3. The van der Waals surface area contributed by atoms with Crippen LogP contribution in [0.1, 0.15) is 5.76 Å². The van der Waals surface area contributed by atoms with E-state index in [1.165, 1.54) is 0 Å². The molecule has 8 nitrogen and oxygen atoms in total. The summed E-state index contributed by atoms with van der Waals surface area (Å²) in [4.78, 5) is 13.2. The van der Waals surface area contributed by atoms with Gasteiger partial charge in [0, 0.05) is 17.6 Å². The van der Waals surface area contributed by atoms with E-state index in [1.54, 1.807) is 24.6 Å². The van der Waals surface area contributed by atoms with E-state index >= 15 is 0 Å². The first kappa shape index (κ1) is 18.9. The van der Waals surface area contributed by atoms with Crippen molar-refractivity contribution < 1.29 is 4.42 Å². The monoisotopic (exact) mass is 397 g/mol. The minimum Gasteiger partial charge on any atom is -0.465 e. The average molecular weight is 397 g/mol. The lowest BCUT2D eigenvalue weighted by Crippen LogP contribution is -2.07. The summed E-state index contributed by atoms with van der Waals surface area (Å²) in [6.07, 6.45) is 6.74. The smallest absolute Gasteiger partial charge is 0.250 e. The SMILES string of the molecule is C(=C\c1ccco1)/C=N/Nc1nc(Nc2ccccc2)nc(Nc2ccccc2)n1. The number of furan rings is 1. The van der Waals surface area contributed by atoms with Gasteiger partial charge in [0.05, 0.1) is 6.26 Å². The predicted molar refractivity (Wildman–Crippen MR) is 119 cm³/mol. The second kappa shape index (κ2) is 9.65. The van der Waals surface area contributed by atoms with Gasteiger partial charge in [-0.1, -0.05) is 36.4 Å². The number of aromatic nitrogens is 3. The molecule has 3 N–H and O–H groups in total. The fourth-order valence-corrected chi connectivity index (χ4v) is 2.50. The molecule has 0 aliphatic heterocycles. The number of nitrogens with one attached hydrogen (secondary N) is 3. The van der Waals surface area contributed by atoms with Gasteiger partial charge in [-0.2, -0.15) is 20.1 Å². The second-order valence-electron chi connectivity index (χ2n) is 6.05. The van der Waals surface area contributed by atoms with Crippen LogP contribution in [0.4, 0.5) is 29.2 Å². The molecule has 148 valence electrons. The third-order valence-corrected chi connectivity index (χ3v) is 3.82. The van der Waals surface area contributed by atoms with E-state index in [9.17, 15) is 0 Å². The number of benzene rings is 2. The van der Waals surface area contributed by atoms with Crippen molar-refractivity contribution in [2.24, 2.45) is 5.10 Å². The summed E-state index contributed by atoms with van der Waals surface area (Å²) >= 11 is 0. The van der Waals surface area contributed by atoms with Crippen molar-refractivity contribution in [1.29, 1.82) is 0 Å². The zero-order valence-electron chi connectivity index (χ0n) is 15.9. The molecule has 2 aromatic heterocycles. The number of allylic oxidation sites excluding steroid dienone is 1. The fourth-order valence-electron chi connectivity index (χ4n) is 2.50. The maximum Gasteiger partial charge on any atom is 0.250 e. The van der Waals surface area contributed by atoms with Gasteiger partial charge >= 0.3 is 0 Å². The Morgan fingerprint density at radius 3 is 1.87 bits per heavy atom. The summed E-state index contributed by atoms with van der Waals surface area (Å²) < 4.78 is 5.22. The molecule has 0 atom stereocenters. The van der Waals surface area contributed by atoms with E-state index in [2.05, 4.69) is 36.1 Å². The molecule has 0 amide bonds. The Balaban J connectivity index is 1.51. The first-order valence-electron chi connectivity index (χ1n) is 9.25. The van der Waals surface area contributed by atoms with Gasteiger partial charge in [-0.15, -0.1) is 0 Å². The number of hydrazone groups is 1. The Labute approximate surface area is 173 Å². The number of nitrogens with zero attached hydrogens (tertiary/aromatic N) is 4. The highest BCUT2D eigenvalue weighted by atomic mass is 16.3. The molecule has 0 fully saturated rings. The number of rotatable bonds is 8. The second-order valence-corrected chi connectivity index (χ2v) is 6.05. The zero-order chi connectivity index (χ0) is 20.4. The van der Waals surface area contributed by atoms with Crippen LogP contribution < -0.4 is 16.1 Å². The molecule has 0 saturated heterocycles. The Bertz CT molecular complexity index is 1050. The maximum absolute atomic E-state index is 5.22. The van der Waals surface area contributed by atoms with E-state index in [4.69, 9.17) is 4.42 Å². The molecule has 0 spiro atoms. The zero-order valence-corrected chi connectivity index (χ0v) is 15.9. The molecule has 0 aliphatic carbocycles. The number of hydrogen-bond acceptors (Lipinski definition) is 8. The number of para-hydroxylation sites is 2. The minimum absolute atomic E-state index is 0.296. The third-order valence-electron chi connectivity index (χ3n) is 3.82. The Morgan fingerprint density at radius 2 is 1.30 bits per heavy atom. The van der Waals surface area contributed by atoms with Crippen molar-refractivity contribution in [3.05, 3.63) is 90.9 Å². The largest absolute Gasteiger partial charge is 0.465 e. The van der Waals surface area contributed by atoms with Crippen molar-refractivity contribution in [3.8, 4) is 0 Å². The molecule has 2 heterocycles. The van der Waals surface area contributed by atoms with Gasteiger partial charge < -0.3 is 15.1 Å². The van der Waals surface area contributed by atoms with E-state index in [0.717, 1.165) is 17.1 Å². The van der Waals surface area contributed by atoms with Gasteiger partial charge in [0.2, 0.25) is 17.8 Å². The number of anilines is 5. The highest BCUT2D eigenvalue weighted by Crippen LogP contribution is 2.18. The molecule has 8 heteroatoms. The summed E-state index contributed by atoms with van der Waals surface area (Å²) in [5, 5.41) is 10.5. The molecule has 0 saturated carbocycles. The van der Waals surface area contributed by atoms with Gasteiger partial charge in [-0.25, -0.2) is 5.43 Å². The molecule has 0 aliphatic rings. The van der Waals surface area contributed by atoms with E-state index in [0.29, 0.717) is 17.8 Å². The molecule has 30 heavy (non-hydrogen) atoms. The molecular weight excluding hydrogens is 378 g/mol. The van der Waals surface area contributed by atoms with Crippen LogP contribution in [0.3, 0.4) is 0 Å². The predicted octanol–water partition coefficient (Wildman–Crippen LogP) is 5.06. The van der Waals surface area contributed by atoms with Crippen molar-refractivity contribution in [2.45, 2.75) is 0 Å². The highest BCUT2D eigenvalue weighted by molar-refractivity contribution is 5.77. The Morgan fingerprint density at radius 1 is 0.700 bits per heavy atom. The molecule has 4 rings (SSSR count). The van der Waals surface area contributed by atoms with Crippen LogP contribution >= 0.6 is 0 Å². The normalized spacial score (nSPS) is 11.1. The van der Waals surface area contributed by atoms with Crippen molar-refractivity contribution in [1.82, 2.24) is 15.0 Å². The van der Waals surface area contributed by atoms with E-state index in [1.807, 2.05) is 72.8 Å². The number of hydrogen-bond donors (Lipinski definition) is 3. The highest BCUT2D eigenvalue weighted by Gasteiger charge is 2.07. The molecule has 0 radical (unpaired) electrons. The summed E-state index contributed by atoms with van der Waals surface area (Å²) in [6.45, 7) is 0. The third kappa shape index (κ3) is 5.52. The van der Waals surface area contributed by atoms with E-state index in [-0.39, 0.29) is 0 Å². The van der Waals surface area contributed by atoms with Crippen molar-refractivity contribution in [2.75, 3.05) is 16.1 Å². The van der Waals surface area contributed by atoms with Crippen LogP contribution in [-0.4, -0.2) is 21.2 Å². The topological polar surface area (TPSA) is 100 Å². The summed E-state index contributed by atoms with van der Waals surface area (Å²) in [7, 11) is 0. The summed E-state index contributed by atoms with van der Waals surface area (Å²) in [5.41, 5.74) is 4.55. The molecular formula is C22H19N7O. The van der Waals surface area contributed by atoms with Crippen molar-refractivity contribution >= 4 is 41.5 Å². The van der Waals surface area contributed by atoms with Crippen LogP contribution in [0.5, 0.6) is 0 Å². The Hall–Kier alpha value is -4.46. The van der Waals surface area contributed by atoms with Gasteiger partial charge in [-0.05, 0) is 48.6 Å². The lowest BCUT2D eigenvalue weighted by molar-refractivity contribution is 0.557. The van der Waals surface area contributed by atoms with E-state index < -0.39 is 0 Å². The van der Waals surface area contributed by atoms with Crippen LogP contribution in [0.25, 0.3) is 6.08 Å². The van der Waals surface area contributed by atoms with Gasteiger partial charge in [0.1, 0.15) is 5.76 Å². The lowest BCUT2D eigenvalue weighted by Gasteiger charge is -2.10. The molecule has 0 bridgehead atoms. The fraction of sp³-hybridized carbons (Fsp3) is 0. The van der Waals surface area contributed by atoms with Crippen LogP contribution in [0, 0.1) is 0 Å². The standard InChI is InChI=1S/C22H19N7O/c1-3-9-17(10-4-1)24-20-26-21(25-18-11-5-2-6-12-18)28-22(27-20)29-23-15-7-13-19-14-8-16-30-19/h1-16H,(H3,24,25,26,27,28,29)/b13-7+,23-15+. The summed E-state index contributed by atoms with van der Waals surface area (Å²) in [5.74, 6) is 1.81. The van der Waals surface area contributed by atoms with Gasteiger partial charge in [0.25, 0.3) is 0 Å². The molecule has 0 unspecified atom stereocenters. The average Bonchev–Trinajstić information content (AvgIpc) is 3.28. The first-order valence-corrected chi connectivity index (χ1v) is 9.25. The van der Waals surface area contributed by atoms with Gasteiger partial charge in [0.15, 0.2) is 0 Å². The van der Waals surface area contributed by atoms with Crippen molar-refractivity contribution in [3.63, 3.8) is 0 Å². The van der Waals surface area contributed by atoms with Gasteiger partial charge in [-0.3, -0.25) is 0 Å². The molecule has 2 aromatic carbocycles. The quantitative estimate of drug-likeness (QED) is 0.282. The summed E-state index contributed by atoms with van der Waals surface area (Å²) in [6, 6.07) is 23.0. The minimum atomic E-state index is 0.296. The van der Waals surface area contributed by atoms with Crippen LogP contribution in [0.2, 0.25) is 0 Å². The van der Waals surface area contributed by atoms with Crippen LogP contribution in [-0.2, 0) is 0 Å². The Kier molecular flexibility index (Phi) is 6.07. The van der Waals surface area contributed by atoms with Crippen LogP contribution in [0.15, 0.2) is 94.7 Å². The first-order chi connectivity index (χ1) is 14.8.